The van der Waals surface area contributed by atoms with E-state index in [2.05, 4.69) is 11.9 Å². The summed E-state index contributed by atoms with van der Waals surface area (Å²) in [6.45, 7) is 7.16. The summed E-state index contributed by atoms with van der Waals surface area (Å²) in [6, 6.07) is 4.92. The van der Waals surface area contributed by atoms with Gasteiger partial charge in [0.1, 0.15) is 11.7 Å². The molecule has 1 amide bonds. The molecule has 1 unspecified atom stereocenters. The first-order valence-electron chi connectivity index (χ1n) is 7.00. The van der Waals surface area contributed by atoms with E-state index in [0.29, 0.717) is 23.6 Å². The number of carbonyl (C=O) groups excluding carboxylic acids is 2. The second-order valence-corrected chi connectivity index (χ2v) is 4.35. The molecule has 0 spiro atoms. The topological polar surface area (TPSA) is 73.9 Å². The maximum Gasteiger partial charge on any atom is 0.318 e. The monoisotopic (exact) mass is 307 g/mol. The molecular formula is C16H21NO5. The van der Waals surface area contributed by atoms with Crippen molar-refractivity contribution >= 4 is 17.6 Å². The Morgan fingerprint density at radius 2 is 2.09 bits per heavy atom. The molecule has 22 heavy (non-hydrogen) atoms. The van der Waals surface area contributed by atoms with E-state index < -0.39 is 17.8 Å². The highest BCUT2D eigenvalue weighted by molar-refractivity contribution is 6.05. The van der Waals surface area contributed by atoms with Gasteiger partial charge in [-0.1, -0.05) is 13.5 Å². The molecule has 1 aromatic rings. The second-order valence-electron chi connectivity index (χ2n) is 4.35. The summed E-state index contributed by atoms with van der Waals surface area (Å²) in [7, 11) is 1.53. The zero-order chi connectivity index (χ0) is 16.5. The number of benzene rings is 1. The molecule has 0 saturated heterocycles. The highest BCUT2D eigenvalue weighted by Gasteiger charge is 2.26. The van der Waals surface area contributed by atoms with Gasteiger partial charge in [0.15, 0.2) is 5.75 Å². The van der Waals surface area contributed by atoms with Gasteiger partial charge in [-0.3, -0.25) is 9.59 Å². The number of methoxy groups -OCH3 is 1. The minimum atomic E-state index is -0.862. The van der Waals surface area contributed by atoms with Crippen molar-refractivity contribution in [3.05, 3.63) is 31.0 Å². The largest absolute Gasteiger partial charge is 0.497 e. The number of ether oxygens (including phenoxy) is 3. The summed E-state index contributed by atoms with van der Waals surface area (Å²) < 4.78 is 15.3. The predicted molar refractivity (Wildman–Crippen MR) is 82.9 cm³/mol. The molecule has 0 fully saturated rings. The number of rotatable bonds is 8. The van der Waals surface area contributed by atoms with Crippen LogP contribution in [-0.4, -0.2) is 25.6 Å². The fourth-order valence-electron chi connectivity index (χ4n) is 1.84. The molecule has 0 aliphatic heterocycles. The maximum atomic E-state index is 12.2. The normalized spacial score (nSPS) is 11.2. The summed E-state index contributed by atoms with van der Waals surface area (Å²) >= 11 is 0. The number of carbonyl (C=O) groups is 2. The van der Waals surface area contributed by atoms with Crippen LogP contribution >= 0.6 is 0 Å². The lowest BCUT2D eigenvalue weighted by Crippen LogP contribution is -2.30. The fraction of sp³-hybridized carbons (Fsp3) is 0.375. The Morgan fingerprint density at radius 3 is 2.64 bits per heavy atom. The van der Waals surface area contributed by atoms with Gasteiger partial charge in [0.2, 0.25) is 5.91 Å². The highest BCUT2D eigenvalue weighted by Crippen LogP contribution is 2.30. The van der Waals surface area contributed by atoms with Crippen LogP contribution in [0.2, 0.25) is 0 Å². The van der Waals surface area contributed by atoms with Crippen LogP contribution in [-0.2, 0) is 14.3 Å². The average molecular weight is 307 g/mol. The van der Waals surface area contributed by atoms with E-state index in [1.807, 2.05) is 0 Å². The van der Waals surface area contributed by atoms with E-state index in [1.165, 1.54) is 13.4 Å². The quantitative estimate of drug-likeness (QED) is 0.454. The molecule has 120 valence electrons. The lowest BCUT2D eigenvalue weighted by Gasteiger charge is -2.16. The Labute approximate surface area is 130 Å². The summed E-state index contributed by atoms with van der Waals surface area (Å²) in [5.74, 6) is -0.894. The Morgan fingerprint density at radius 1 is 1.36 bits per heavy atom. The Kier molecular flexibility index (Phi) is 6.95. The van der Waals surface area contributed by atoms with Crippen molar-refractivity contribution in [1.82, 2.24) is 0 Å². The molecule has 0 radical (unpaired) electrons. The first-order chi connectivity index (χ1) is 10.6. The van der Waals surface area contributed by atoms with Gasteiger partial charge in [-0.05, 0) is 25.5 Å². The van der Waals surface area contributed by atoms with Gasteiger partial charge in [-0.2, -0.15) is 0 Å². The summed E-state index contributed by atoms with van der Waals surface area (Å²) in [5.41, 5.74) is 0.424. The molecule has 1 aromatic carbocycles. The first-order valence-corrected chi connectivity index (χ1v) is 7.00. The molecular weight excluding hydrogens is 286 g/mol. The lowest BCUT2D eigenvalue weighted by molar-refractivity contribution is -0.151. The molecule has 6 heteroatoms. The van der Waals surface area contributed by atoms with Gasteiger partial charge >= 0.3 is 5.97 Å². The second kappa shape index (κ2) is 8.71. The van der Waals surface area contributed by atoms with E-state index in [4.69, 9.17) is 14.2 Å². The van der Waals surface area contributed by atoms with Crippen LogP contribution in [0.4, 0.5) is 5.69 Å². The Balaban J connectivity index is 2.94. The number of hydrogen-bond acceptors (Lipinski definition) is 5. The maximum absolute atomic E-state index is 12.2. The van der Waals surface area contributed by atoms with E-state index in [0.717, 1.165) is 0 Å². The van der Waals surface area contributed by atoms with Crippen molar-refractivity contribution in [3.8, 4) is 11.5 Å². The van der Waals surface area contributed by atoms with Crippen LogP contribution in [0.1, 0.15) is 20.3 Å². The lowest BCUT2D eigenvalue weighted by atomic mass is 10.1. The third-order valence-corrected chi connectivity index (χ3v) is 2.95. The molecule has 0 aromatic heterocycles. The number of esters is 1. The third kappa shape index (κ3) is 4.51. The standard InChI is InChI=1S/C16H21NO5/c1-5-12(16(19)22-7-3)15(18)17-13-9-8-11(20-4)10-14(13)21-6-2/h6,8-10,12H,2,5,7H2,1,3-4H3,(H,17,18). The minimum absolute atomic E-state index is 0.232. The Bertz CT molecular complexity index is 541. The van der Waals surface area contributed by atoms with Crippen molar-refractivity contribution in [1.29, 1.82) is 0 Å². The van der Waals surface area contributed by atoms with Crippen molar-refractivity contribution < 1.29 is 23.8 Å². The zero-order valence-corrected chi connectivity index (χ0v) is 13.0. The molecule has 0 heterocycles. The predicted octanol–water partition coefficient (Wildman–Crippen LogP) is 2.75. The average Bonchev–Trinajstić information content (AvgIpc) is 2.50. The third-order valence-electron chi connectivity index (χ3n) is 2.95. The van der Waals surface area contributed by atoms with Crippen LogP contribution in [0.15, 0.2) is 31.0 Å². The number of hydrogen-bond donors (Lipinski definition) is 1. The highest BCUT2D eigenvalue weighted by atomic mass is 16.5. The van der Waals surface area contributed by atoms with Gasteiger partial charge in [-0.15, -0.1) is 0 Å². The van der Waals surface area contributed by atoms with E-state index in [9.17, 15) is 9.59 Å². The fourth-order valence-corrected chi connectivity index (χ4v) is 1.84. The van der Waals surface area contributed by atoms with E-state index in [1.54, 1.807) is 32.0 Å². The van der Waals surface area contributed by atoms with Crippen molar-refractivity contribution in [2.45, 2.75) is 20.3 Å². The number of nitrogens with one attached hydrogen (secondary N) is 1. The number of anilines is 1. The SMILES string of the molecule is C=COc1cc(OC)ccc1NC(=O)C(CC)C(=O)OCC. The molecule has 0 aliphatic rings. The van der Waals surface area contributed by atoms with Gasteiger partial charge < -0.3 is 19.5 Å². The van der Waals surface area contributed by atoms with Gasteiger partial charge in [0.25, 0.3) is 0 Å². The van der Waals surface area contributed by atoms with Crippen molar-refractivity contribution in [3.63, 3.8) is 0 Å². The van der Waals surface area contributed by atoms with Crippen LogP contribution < -0.4 is 14.8 Å². The molecule has 1 N–H and O–H groups in total. The van der Waals surface area contributed by atoms with E-state index >= 15 is 0 Å². The van der Waals surface area contributed by atoms with Gasteiger partial charge in [-0.25, -0.2) is 0 Å². The van der Waals surface area contributed by atoms with Crippen LogP contribution in [0.25, 0.3) is 0 Å². The van der Waals surface area contributed by atoms with Crippen LogP contribution in [0.5, 0.6) is 11.5 Å². The van der Waals surface area contributed by atoms with Crippen molar-refractivity contribution in [2.24, 2.45) is 5.92 Å². The van der Waals surface area contributed by atoms with Crippen LogP contribution in [0.3, 0.4) is 0 Å². The number of amides is 1. The Hall–Kier alpha value is -2.50. The van der Waals surface area contributed by atoms with Crippen molar-refractivity contribution in [2.75, 3.05) is 19.0 Å². The smallest absolute Gasteiger partial charge is 0.318 e. The van der Waals surface area contributed by atoms with E-state index in [-0.39, 0.29) is 6.61 Å². The molecule has 0 aliphatic carbocycles. The molecule has 1 atom stereocenters. The minimum Gasteiger partial charge on any atom is -0.497 e. The summed E-state index contributed by atoms with van der Waals surface area (Å²) in [4.78, 5) is 24.0. The molecule has 0 bridgehead atoms. The first kappa shape index (κ1) is 17.6. The molecule has 6 nitrogen and oxygen atoms in total. The summed E-state index contributed by atoms with van der Waals surface area (Å²) in [6.07, 6.45) is 1.59. The van der Waals surface area contributed by atoms with Gasteiger partial charge in [0, 0.05) is 6.07 Å². The summed E-state index contributed by atoms with van der Waals surface area (Å²) in [5, 5.41) is 2.67. The molecule has 1 rings (SSSR count). The molecule has 0 saturated carbocycles. The zero-order valence-electron chi connectivity index (χ0n) is 13.0. The van der Waals surface area contributed by atoms with Gasteiger partial charge in [0.05, 0.1) is 25.7 Å². The van der Waals surface area contributed by atoms with Crippen LogP contribution in [0, 0.1) is 5.92 Å².